The second-order valence-electron chi connectivity index (χ2n) is 8.60. The second-order valence-corrected chi connectivity index (χ2v) is 8.60. The monoisotopic (exact) mass is 458 g/mol. The molecule has 3 rings (SSSR count). The van der Waals surface area contributed by atoms with Crippen molar-refractivity contribution in [3.63, 3.8) is 0 Å². The van der Waals surface area contributed by atoms with Crippen LogP contribution >= 0.6 is 0 Å². The van der Waals surface area contributed by atoms with E-state index in [0.29, 0.717) is 19.4 Å². The van der Waals surface area contributed by atoms with E-state index in [2.05, 4.69) is 5.32 Å². The fraction of sp³-hybridized carbons (Fsp3) is 0.560. The van der Waals surface area contributed by atoms with E-state index in [1.54, 1.807) is 4.90 Å². The summed E-state index contributed by atoms with van der Waals surface area (Å²) in [6.45, 7) is 0.683. The third kappa shape index (κ3) is 6.88. The molecule has 180 valence electrons. The third-order valence-corrected chi connectivity index (χ3v) is 6.23. The maximum Gasteiger partial charge on any atom is 0.306 e. The minimum atomic E-state index is -0.709. The summed E-state index contributed by atoms with van der Waals surface area (Å²) in [6, 6.07) is 8.49. The van der Waals surface area contributed by atoms with Crippen LogP contribution in [-0.2, 0) is 23.9 Å². The Hall–Kier alpha value is -2.71. The molecule has 2 N–H and O–H groups in total. The van der Waals surface area contributed by atoms with Crippen molar-refractivity contribution in [2.75, 3.05) is 26.9 Å². The number of benzene rings is 1. The van der Waals surface area contributed by atoms with E-state index in [9.17, 15) is 19.5 Å². The summed E-state index contributed by atoms with van der Waals surface area (Å²) < 4.78 is 11.1. The van der Waals surface area contributed by atoms with E-state index in [0.717, 1.165) is 18.4 Å². The molecule has 8 heteroatoms. The number of allylic oxidation sites excluding steroid dienone is 2. The third-order valence-electron chi connectivity index (χ3n) is 6.23. The minimum Gasteiger partial charge on any atom is -0.455 e. The van der Waals surface area contributed by atoms with Gasteiger partial charge in [-0.15, -0.1) is 0 Å². The van der Waals surface area contributed by atoms with Crippen molar-refractivity contribution in [1.29, 1.82) is 0 Å². The molecular weight excluding hydrogens is 424 g/mol. The molecule has 2 aliphatic rings. The van der Waals surface area contributed by atoms with E-state index < -0.39 is 18.1 Å². The van der Waals surface area contributed by atoms with Crippen LogP contribution in [0.4, 0.5) is 0 Å². The van der Waals surface area contributed by atoms with Crippen LogP contribution in [0, 0.1) is 5.92 Å². The number of ether oxygens (including phenoxy) is 2. The Morgan fingerprint density at radius 2 is 2.03 bits per heavy atom. The number of hydrogen-bond acceptors (Lipinski definition) is 6. The molecule has 0 aliphatic carbocycles. The predicted octanol–water partition coefficient (Wildman–Crippen LogP) is 2.13. The summed E-state index contributed by atoms with van der Waals surface area (Å²) in [6.07, 6.45) is 5.79. The zero-order valence-corrected chi connectivity index (χ0v) is 19.2. The van der Waals surface area contributed by atoms with Gasteiger partial charge in [0.15, 0.2) is 0 Å². The number of hydrogen-bond donors (Lipinski definition) is 2. The molecule has 1 fully saturated rings. The van der Waals surface area contributed by atoms with Gasteiger partial charge in [-0.05, 0) is 31.2 Å². The highest BCUT2D eigenvalue weighted by Gasteiger charge is 2.34. The molecule has 2 amide bonds. The van der Waals surface area contributed by atoms with E-state index in [4.69, 9.17) is 9.47 Å². The minimum absolute atomic E-state index is 0.0577. The van der Waals surface area contributed by atoms with Gasteiger partial charge in [-0.25, -0.2) is 0 Å². The van der Waals surface area contributed by atoms with Crippen molar-refractivity contribution in [3.8, 4) is 0 Å². The van der Waals surface area contributed by atoms with Gasteiger partial charge in [0.1, 0.15) is 6.10 Å². The van der Waals surface area contributed by atoms with Crippen LogP contribution in [-0.4, -0.2) is 66.7 Å². The van der Waals surface area contributed by atoms with Crippen molar-refractivity contribution in [2.24, 2.45) is 5.92 Å². The number of nitrogens with zero attached hydrogens (tertiary/aromatic N) is 1. The molecule has 0 spiro atoms. The smallest absolute Gasteiger partial charge is 0.306 e. The van der Waals surface area contributed by atoms with Gasteiger partial charge in [0.25, 0.3) is 0 Å². The van der Waals surface area contributed by atoms with E-state index in [-0.39, 0.29) is 49.9 Å². The number of carbonyl (C=O) groups excluding carboxylic acids is 3. The van der Waals surface area contributed by atoms with Crippen molar-refractivity contribution >= 4 is 17.8 Å². The number of carbonyl (C=O) groups is 3. The maximum atomic E-state index is 13.3. The first-order valence-corrected chi connectivity index (χ1v) is 11.6. The Morgan fingerprint density at radius 1 is 1.24 bits per heavy atom. The fourth-order valence-electron chi connectivity index (χ4n) is 4.46. The van der Waals surface area contributed by atoms with Crippen LogP contribution in [0.3, 0.4) is 0 Å². The Morgan fingerprint density at radius 3 is 2.76 bits per heavy atom. The molecule has 2 heterocycles. The number of amides is 2. The van der Waals surface area contributed by atoms with Gasteiger partial charge in [-0.1, -0.05) is 42.5 Å². The Kier molecular flexibility index (Phi) is 9.45. The molecule has 0 saturated carbocycles. The van der Waals surface area contributed by atoms with Gasteiger partial charge < -0.3 is 24.8 Å². The highest BCUT2D eigenvalue weighted by Crippen LogP contribution is 2.25. The standard InChI is InChI=1S/C25H34N2O6/c1-32-17-21-24(18-9-4-2-5-10-18)33-23(30)13-7-3-6-11-19(25(31)26-21)15-22(29)27-14-8-12-20(27)16-28/h2-6,9-10,19-21,24,28H,7-8,11-17H2,1H3,(H,26,31)/t19-,20+,21+,24+/m1/s1. The number of aliphatic hydroxyl groups is 1. The lowest BCUT2D eigenvalue weighted by molar-refractivity contribution is -0.153. The van der Waals surface area contributed by atoms with E-state index in [1.807, 2.05) is 42.5 Å². The van der Waals surface area contributed by atoms with Gasteiger partial charge in [0.05, 0.1) is 31.2 Å². The average Bonchev–Trinajstić information content (AvgIpc) is 3.30. The number of methoxy groups -OCH3 is 1. The highest BCUT2D eigenvalue weighted by molar-refractivity contribution is 5.86. The molecule has 0 radical (unpaired) electrons. The van der Waals surface area contributed by atoms with Crippen molar-refractivity contribution in [3.05, 3.63) is 48.0 Å². The molecule has 2 aliphatic heterocycles. The molecule has 0 bridgehead atoms. The SMILES string of the molecule is COC[C@@H]1NC(=O)[C@@H](CC(=O)N2CCC[C@H]2CO)CC=CCCC(=O)O[C@H]1c1ccccc1. The lowest BCUT2D eigenvalue weighted by atomic mass is 9.96. The topological polar surface area (TPSA) is 105 Å². The Balaban J connectivity index is 1.82. The van der Waals surface area contributed by atoms with Crippen LogP contribution in [0.5, 0.6) is 0 Å². The largest absolute Gasteiger partial charge is 0.455 e. The highest BCUT2D eigenvalue weighted by atomic mass is 16.5. The van der Waals surface area contributed by atoms with Gasteiger partial charge >= 0.3 is 5.97 Å². The van der Waals surface area contributed by atoms with E-state index in [1.165, 1.54) is 7.11 Å². The molecule has 8 nitrogen and oxygen atoms in total. The Labute approximate surface area is 194 Å². The van der Waals surface area contributed by atoms with Gasteiger partial charge in [0, 0.05) is 26.5 Å². The van der Waals surface area contributed by atoms with Crippen molar-refractivity contribution in [1.82, 2.24) is 10.2 Å². The number of likely N-dealkylation sites (tertiary alicyclic amines) is 1. The van der Waals surface area contributed by atoms with Gasteiger partial charge in [0.2, 0.25) is 11.8 Å². The number of cyclic esters (lactones) is 1. The summed E-state index contributed by atoms with van der Waals surface area (Å²) in [4.78, 5) is 40.4. The summed E-state index contributed by atoms with van der Waals surface area (Å²) >= 11 is 0. The lowest BCUT2D eigenvalue weighted by Gasteiger charge is -2.30. The molecular formula is C25H34N2O6. The average molecular weight is 459 g/mol. The number of rotatable bonds is 6. The summed E-state index contributed by atoms with van der Waals surface area (Å²) in [5.74, 6) is -1.33. The van der Waals surface area contributed by atoms with Crippen LogP contribution in [0.15, 0.2) is 42.5 Å². The molecule has 0 aromatic heterocycles. The first-order chi connectivity index (χ1) is 16.0. The number of nitrogens with one attached hydrogen (secondary N) is 1. The predicted molar refractivity (Wildman–Crippen MR) is 122 cm³/mol. The lowest BCUT2D eigenvalue weighted by Crippen LogP contribution is -2.47. The zero-order chi connectivity index (χ0) is 23.6. The second kappa shape index (κ2) is 12.5. The van der Waals surface area contributed by atoms with Crippen LogP contribution < -0.4 is 5.32 Å². The summed E-state index contributed by atoms with van der Waals surface area (Å²) in [7, 11) is 1.53. The van der Waals surface area contributed by atoms with Gasteiger partial charge in [-0.3, -0.25) is 14.4 Å². The van der Waals surface area contributed by atoms with Crippen LogP contribution in [0.25, 0.3) is 0 Å². The maximum absolute atomic E-state index is 13.3. The van der Waals surface area contributed by atoms with Crippen molar-refractivity contribution < 1.29 is 29.0 Å². The van der Waals surface area contributed by atoms with Gasteiger partial charge in [-0.2, -0.15) is 0 Å². The Bertz CT molecular complexity index is 827. The summed E-state index contributed by atoms with van der Waals surface area (Å²) in [5, 5.41) is 12.5. The van der Waals surface area contributed by atoms with Crippen molar-refractivity contribution in [2.45, 2.75) is 56.7 Å². The number of aliphatic hydroxyl groups excluding tert-OH is 1. The molecule has 4 atom stereocenters. The quantitative estimate of drug-likeness (QED) is 0.500. The molecule has 0 unspecified atom stereocenters. The van der Waals surface area contributed by atoms with E-state index >= 15 is 0 Å². The molecule has 1 saturated heterocycles. The van der Waals surface area contributed by atoms with Crippen LogP contribution in [0.2, 0.25) is 0 Å². The fourth-order valence-corrected chi connectivity index (χ4v) is 4.46. The molecule has 33 heavy (non-hydrogen) atoms. The first kappa shape index (κ1) is 24.9. The zero-order valence-electron chi connectivity index (χ0n) is 19.2. The van der Waals surface area contributed by atoms with Crippen LogP contribution in [0.1, 0.15) is 50.2 Å². The summed E-state index contributed by atoms with van der Waals surface area (Å²) in [5.41, 5.74) is 0.760. The first-order valence-electron chi connectivity index (χ1n) is 11.6. The number of esters is 1. The molecule has 1 aromatic rings. The normalized spacial score (nSPS) is 26.8. The molecule has 1 aromatic carbocycles.